The van der Waals surface area contributed by atoms with E-state index < -0.39 is 6.10 Å². The predicted molar refractivity (Wildman–Crippen MR) is 91.5 cm³/mol. The lowest BCUT2D eigenvalue weighted by Gasteiger charge is -2.49. The predicted octanol–water partition coefficient (Wildman–Crippen LogP) is 3.29. The van der Waals surface area contributed by atoms with Crippen LogP contribution in [0, 0.1) is 0 Å². The van der Waals surface area contributed by atoms with E-state index in [1.165, 1.54) is 19.3 Å². The molecule has 0 aliphatic heterocycles. The summed E-state index contributed by atoms with van der Waals surface area (Å²) in [7, 11) is 6.53. The lowest BCUT2D eigenvalue weighted by molar-refractivity contribution is 0.0238. The Morgan fingerprint density at radius 2 is 1.90 bits per heavy atom. The minimum Gasteiger partial charge on any atom is -0.388 e. The third kappa shape index (κ3) is 4.07. The van der Waals surface area contributed by atoms with Crippen LogP contribution in [0.1, 0.15) is 37.4 Å². The zero-order chi connectivity index (χ0) is 15.5. The van der Waals surface area contributed by atoms with Gasteiger partial charge in [0.05, 0.1) is 6.10 Å². The molecule has 21 heavy (non-hydrogen) atoms. The minimum atomic E-state index is -0.403. The molecule has 0 radical (unpaired) electrons. The molecular weight excluding hydrogens is 328 g/mol. The lowest BCUT2D eigenvalue weighted by Crippen LogP contribution is -2.56. The molecule has 0 amide bonds. The van der Waals surface area contributed by atoms with E-state index >= 15 is 0 Å². The summed E-state index contributed by atoms with van der Waals surface area (Å²) in [5.41, 5.74) is 1.34. The summed E-state index contributed by atoms with van der Waals surface area (Å²) in [5.74, 6) is 0. The Kier molecular flexibility index (Phi) is 5.83. The quantitative estimate of drug-likeness (QED) is 0.813. The van der Waals surface area contributed by atoms with E-state index in [2.05, 4.69) is 46.9 Å². The van der Waals surface area contributed by atoms with Crippen LogP contribution in [0.15, 0.2) is 28.7 Å². The van der Waals surface area contributed by atoms with Crippen molar-refractivity contribution in [2.75, 3.05) is 34.2 Å². The highest BCUT2D eigenvalue weighted by atomic mass is 79.9. The van der Waals surface area contributed by atoms with Gasteiger partial charge in [0.15, 0.2) is 0 Å². The highest BCUT2D eigenvalue weighted by molar-refractivity contribution is 9.10. The summed E-state index contributed by atoms with van der Waals surface area (Å²) >= 11 is 3.51. The van der Waals surface area contributed by atoms with Gasteiger partial charge in [0.2, 0.25) is 0 Å². The van der Waals surface area contributed by atoms with Crippen LogP contribution in [0.25, 0.3) is 0 Å². The Bertz CT molecular complexity index is 460. The number of aliphatic hydroxyl groups excluding tert-OH is 1. The van der Waals surface area contributed by atoms with Crippen molar-refractivity contribution < 1.29 is 5.11 Å². The number of hydrogen-bond donors (Lipinski definition) is 1. The standard InChI is InChI=1S/C17H27BrN2O/c1-19(2)17(10-6-11-17)13-20(3)12-9-16(21)14-7-4-5-8-15(14)18/h4-5,7-8,16,21H,6,9-13H2,1-3H3. The first-order valence-corrected chi connectivity index (χ1v) is 8.52. The third-order valence-corrected chi connectivity index (χ3v) is 5.57. The monoisotopic (exact) mass is 354 g/mol. The molecule has 1 unspecified atom stereocenters. The van der Waals surface area contributed by atoms with Crippen LogP contribution in [0.5, 0.6) is 0 Å². The SMILES string of the molecule is CN(CCC(O)c1ccccc1Br)CC1(N(C)C)CCC1. The second-order valence-electron chi connectivity index (χ2n) is 6.54. The Balaban J connectivity index is 1.84. The van der Waals surface area contributed by atoms with Gasteiger partial charge in [0, 0.05) is 23.1 Å². The molecule has 1 saturated carbocycles. The number of likely N-dealkylation sites (N-methyl/N-ethyl adjacent to an activating group) is 2. The van der Waals surface area contributed by atoms with Gasteiger partial charge in [-0.1, -0.05) is 34.1 Å². The maximum atomic E-state index is 10.4. The number of nitrogens with zero attached hydrogens (tertiary/aromatic N) is 2. The average Bonchev–Trinajstić information content (AvgIpc) is 2.40. The number of halogens is 1. The normalized spacial score (nSPS) is 18.8. The van der Waals surface area contributed by atoms with Crippen LogP contribution >= 0.6 is 15.9 Å². The zero-order valence-electron chi connectivity index (χ0n) is 13.3. The summed E-state index contributed by atoms with van der Waals surface area (Å²) in [6, 6.07) is 7.92. The van der Waals surface area contributed by atoms with Crippen molar-refractivity contribution in [3.8, 4) is 0 Å². The lowest BCUT2D eigenvalue weighted by atomic mass is 9.75. The van der Waals surface area contributed by atoms with E-state index in [0.717, 1.165) is 29.5 Å². The molecule has 0 aromatic heterocycles. The van der Waals surface area contributed by atoms with Crippen LogP contribution in [-0.4, -0.2) is 54.7 Å². The first kappa shape index (κ1) is 16.9. The molecule has 2 rings (SSSR count). The van der Waals surface area contributed by atoms with Crippen LogP contribution in [-0.2, 0) is 0 Å². The largest absolute Gasteiger partial charge is 0.388 e. The van der Waals surface area contributed by atoms with Crippen LogP contribution < -0.4 is 0 Å². The molecule has 1 aromatic rings. The van der Waals surface area contributed by atoms with Crippen molar-refractivity contribution in [2.24, 2.45) is 0 Å². The van der Waals surface area contributed by atoms with Crippen LogP contribution in [0.3, 0.4) is 0 Å². The summed E-state index contributed by atoms with van der Waals surface area (Å²) in [4.78, 5) is 4.73. The van der Waals surface area contributed by atoms with E-state index in [-0.39, 0.29) is 0 Å². The number of rotatable bonds is 7. The molecule has 1 atom stereocenters. The maximum Gasteiger partial charge on any atom is 0.0813 e. The molecule has 1 aromatic carbocycles. The fourth-order valence-electron chi connectivity index (χ4n) is 3.16. The molecule has 118 valence electrons. The Morgan fingerprint density at radius 1 is 1.24 bits per heavy atom. The average molecular weight is 355 g/mol. The van der Waals surface area contributed by atoms with Crippen molar-refractivity contribution in [3.05, 3.63) is 34.3 Å². The summed E-state index contributed by atoms with van der Waals surface area (Å²) in [6.45, 7) is 2.00. The molecule has 0 saturated heterocycles. The molecule has 0 spiro atoms. The van der Waals surface area contributed by atoms with Crippen LogP contribution in [0.4, 0.5) is 0 Å². The summed E-state index contributed by atoms with van der Waals surface area (Å²) < 4.78 is 0.990. The topological polar surface area (TPSA) is 26.7 Å². The first-order valence-electron chi connectivity index (χ1n) is 7.73. The first-order chi connectivity index (χ1) is 9.94. The number of aliphatic hydroxyl groups is 1. The molecule has 1 N–H and O–H groups in total. The molecule has 1 aliphatic carbocycles. The molecular formula is C17H27BrN2O. The van der Waals surface area contributed by atoms with E-state index in [4.69, 9.17) is 0 Å². The van der Waals surface area contributed by atoms with Crippen molar-refractivity contribution in [3.63, 3.8) is 0 Å². The third-order valence-electron chi connectivity index (χ3n) is 4.85. The van der Waals surface area contributed by atoms with E-state index in [1.54, 1.807) is 0 Å². The van der Waals surface area contributed by atoms with Crippen molar-refractivity contribution in [1.82, 2.24) is 9.80 Å². The minimum absolute atomic E-state index is 0.354. The second kappa shape index (κ2) is 7.23. The van der Waals surface area contributed by atoms with Crippen LogP contribution in [0.2, 0.25) is 0 Å². The van der Waals surface area contributed by atoms with Crippen molar-refractivity contribution in [1.29, 1.82) is 0 Å². The van der Waals surface area contributed by atoms with Gasteiger partial charge >= 0.3 is 0 Å². The highest BCUT2D eigenvalue weighted by Gasteiger charge is 2.39. The Hall–Kier alpha value is -0.420. The number of benzene rings is 1. The zero-order valence-corrected chi connectivity index (χ0v) is 14.9. The van der Waals surface area contributed by atoms with Gasteiger partial charge in [-0.2, -0.15) is 0 Å². The molecule has 1 fully saturated rings. The molecule has 1 aliphatic rings. The van der Waals surface area contributed by atoms with E-state index in [9.17, 15) is 5.11 Å². The van der Waals surface area contributed by atoms with Gasteiger partial charge in [-0.15, -0.1) is 0 Å². The van der Waals surface area contributed by atoms with E-state index in [0.29, 0.717) is 5.54 Å². The second-order valence-corrected chi connectivity index (χ2v) is 7.39. The van der Waals surface area contributed by atoms with Gasteiger partial charge in [0.25, 0.3) is 0 Å². The highest BCUT2D eigenvalue weighted by Crippen LogP contribution is 2.36. The molecule has 3 nitrogen and oxygen atoms in total. The fourth-order valence-corrected chi connectivity index (χ4v) is 3.71. The molecule has 0 heterocycles. The maximum absolute atomic E-state index is 10.4. The van der Waals surface area contributed by atoms with Gasteiger partial charge in [-0.05, 0) is 58.5 Å². The number of hydrogen-bond acceptors (Lipinski definition) is 3. The smallest absolute Gasteiger partial charge is 0.0813 e. The summed E-state index contributed by atoms with van der Waals surface area (Å²) in [6.07, 6.45) is 4.28. The van der Waals surface area contributed by atoms with Crippen molar-refractivity contribution >= 4 is 15.9 Å². The van der Waals surface area contributed by atoms with Crippen molar-refractivity contribution in [2.45, 2.75) is 37.3 Å². The Labute approximate surface area is 137 Å². The molecule has 0 bridgehead atoms. The van der Waals surface area contributed by atoms with Gasteiger partial charge in [-0.3, -0.25) is 0 Å². The fraction of sp³-hybridized carbons (Fsp3) is 0.647. The molecule has 4 heteroatoms. The van der Waals surface area contributed by atoms with E-state index in [1.807, 2.05) is 24.3 Å². The summed E-state index contributed by atoms with van der Waals surface area (Å²) in [5, 5.41) is 10.4. The van der Waals surface area contributed by atoms with Gasteiger partial charge in [0.1, 0.15) is 0 Å². The van der Waals surface area contributed by atoms with Gasteiger partial charge < -0.3 is 14.9 Å². The van der Waals surface area contributed by atoms with Gasteiger partial charge in [-0.25, -0.2) is 0 Å². The Morgan fingerprint density at radius 3 is 2.43 bits per heavy atom.